The summed E-state index contributed by atoms with van der Waals surface area (Å²) in [6.45, 7) is 7.52. The molecular weight excluding hydrogens is 409 g/mol. The van der Waals surface area contributed by atoms with Crippen LogP contribution in [0.4, 0.5) is 0 Å². The van der Waals surface area contributed by atoms with Gasteiger partial charge in [0.1, 0.15) is 17.1 Å². The molecule has 8 heteroatoms. The Kier molecular flexibility index (Phi) is 6.45. The summed E-state index contributed by atoms with van der Waals surface area (Å²) in [7, 11) is 0. The molecule has 1 aromatic carbocycles. The van der Waals surface area contributed by atoms with Crippen molar-refractivity contribution >= 4 is 29.8 Å². The highest BCUT2D eigenvalue weighted by atomic mass is 35.5. The van der Waals surface area contributed by atoms with Gasteiger partial charge < -0.3 is 4.74 Å². The third-order valence-electron chi connectivity index (χ3n) is 4.39. The predicted molar refractivity (Wildman–Crippen MR) is 117 cm³/mol. The summed E-state index contributed by atoms with van der Waals surface area (Å²) in [4.78, 5) is 8.82. The summed E-state index contributed by atoms with van der Waals surface area (Å²) in [5.74, 6) is 1.95. The molecule has 3 heterocycles. The van der Waals surface area contributed by atoms with E-state index in [0.29, 0.717) is 29.9 Å². The van der Waals surface area contributed by atoms with Crippen LogP contribution in [0.3, 0.4) is 0 Å². The number of imidazole rings is 1. The maximum Gasteiger partial charge on any atom is 0.234 e. The van der Waals surface area contributed by atoms with Gasteiger partial charge in [-0.25, -0.2) is 9.97 Å². The molecule has 6 nitrogen and oxygen atoms in total. The second-order valence-corrected chi connectivity index (χ2v) is 7.68. The Bertz CT molecular complexity index is 1090. The van der Waals surface area contributed by atoms with E-state index in [9.17, 15) is 0 Å². The van der Waals surface area contributed by atoms with E-state index in [-0.39, 0.29) is 12.4 Å². The Balaban J connectivity index is 0.00000240. The summed E-state index contributed by atoms with van der Waals surface area (Å²) in [6.07, 6.45) is 5.59. The SMILES string of the molecule is Cc1cc(-c2cn3cccnc3n2)nn1Cc1cc(Cl)ccc1OCC(C)C.Cl. The Morgan fingerprint density at radius 1 is 1.17 bits per heavy atom. The molecule has 0 spiro atoms. The number of fused-ring (bicyclic) bond motifs is 1. The van der Waals surface area contributed by atoms with Gasteiger partial charge in [0.25, 0.3) is 0 Å². The third kappa shape index (κ3) is 4.71. The first kappa shape index (κ1) is 21.1. The zero-order valence-corrected chi connectivity index (χ0v) is 18.1. The molecule has 0 atom stereocenters. The standard InChI is InChI=1S/C21H22ClN5O.ClH/c1-14(2)13-28-20-6-5-17(22)10-16(20)11-27-15(3)9-18(25-27)19-12-26-8-4-7-23-21(26)24-19;/h4-10,12,14H,11,13H2,1-3H3;1H. The van der Waals surface area contributed by atoms with Crippen LogP contribution < -0.4 is 4.74 Å². The maximum absolute atomic E-state index is 6.23. The number of ether oxygens (including phenoxy) is 1. The van der Waals surface area contributed by atoms with E-state index in [1.807, 2.05) is 58.7 Å². The lowest BCUT2D eigenvalue weighted by atomic mass is 10.2. The molecule has 0 fully saturated rings. The van der Waals surface area contributed by atoms with Crippen molar-refractivity contribution in [2.24, 2.45) is 5.92 Å². The molecule has 0 aliphatic heterocycles. The van der Waals surface area contributed by atoms with Gasteiger partial charge in [0.2, 0.25) is 5.78 Å². The Morgan fingerprint density at radius 2 is 2.00 bits per heavy atom. The smallest absolute Gasteiger partial charge is 0.234 e. The molecule has 0 aliphatic carbocycles. The van der Waals surface area contributed by atoms with Crippen molar-refractivity contribution in [2.45, 2.75) is 27.3 Å². The highest BCUT2D eigenvalue weighted by Crippen LogP contribution is 2.26. The molecule has 152 valence electrons. The zero-order chi connectivity index (χ0) is 19.7. The van der Waals surface area contributed by atoms with Gasteiger partial charge in [0.05, 0.1) is 13.2 Å². The molecule has 4 rings (SSSR count). The fourth-order valence-electron chi connectivity index (χ4n) is 2.98. The molecule has 0 saturated carbocycles. The molecule has 3 aromatic heterocycles. The summed E-state index contributed by atoms with van der Waals surface area (Å²) in [5, 5.41) is 5.43. The fourth-order valence-corrected chi connectivity index (χ4v) is 3.17. The van der Waals surface area contributed by atoms with E-state index in [1.165, 1.54) is 0 Å². The lowest BCUT2D eigenvalue weighted by molar-refractivity contribution is 0.268. The van der Waals surface area contributed by atoms with Crippen molar-refractivity contribution < 1.29 is 4.74 Å². The minimum absolute atomic E-state index is 0. The number of aryl methyl sites for hydroxylation is 1. The largest absolute Gasteiger partial charge is 0.493 e. The molecule has 0 aliphatic rings. The van der Waals surface area contributed by atoms with Crippen LogP contribution >= 0.6 is 24.0 Å². The molecule has 29 heavy (non-hydrogen) atoms. The number of nitrogens with zero attached hydrogens (tertiary/aromatic N) is 5. The number of hydrogen-bond acceptors (Lipinski definition) is 4. The molecule has 0 N–H and O–H groups in total. The van der Waals surface area contributed by atoms with Gasteiger partial charge in [-0.1, -0.05) is 25.4 Å². The van der Waals surface area contributed by atoms with Gasteiger partial charge in [0.15, 0.2) is 0 Å². The van der Waals surface area contributed by atoms with Crippen LogP contribution in [0.2, 0.25) is 5.02 Å². The van der Waals surface area contributed by atoms with Crippen molar-refractivity contribution in [1.82, 2.24) is 24.1 Å². The van der Waals surface area contributed by atoms with Crippen molar-refractivity contribution in [3.63, 3.8) is 0 Å². The molecular formula is C21H23Cl2N5O. The van der Waals surface area contributed by atoms with E-state index < -0.39 is 0 Å². The van der Waals surface area contributed by atoms with Crippen LogP contribution in [0.25, 0.3) is 17.2 Å². The van der Waals surface area contributed by atoms with E-state index in [2.05, 4.69) is 23.8 Å². The molecule has 0 unspecified atom stereocenters. The van der Waals surface area contributed by atoms with Gasteiger partial charge in [0, 0.05) is 34.9 Å². The lowest BCUT2D eigenvalue weighted by Crippen LogP contribution is -2.09. The molecule has 4 aromatic rings. The van der Waals surface area contributed by atoms with Gasteiger partial charge in [-0.15, -0.1) is 12.4 Å². The topological polar surface area (TPSA) is 57.2 Å². The van der Waals surface area contributed by atoms with E-state index in [4.69, 9.17) is 21.4 Å². The summed E-state index contributed by atoms with van der Waals surface area (Å²) in [5.41, 5.74) is 3.65. The van der Waals surface area contributed by atoms with Gasteiger partial charge >= 0.3 is 0 Å². The van der Waals surface area contributed by atoms with Gasteiger partial charge in [-0.3, -0.25) is 9.08 Å². The Hall–Kier alpha value is -2.57. The summed E-state index contributed by atoms with van der Waals surface area (Å²) < 4.78 is 9.81. The van der Waals surface area contributed by atoms with Crippen molar-refractivity contribution in [3.8, 4) is 17.1 Å². The molecule has 0 radical (unpaired) electrons. The van der Waals surface area contributed by atoms with Crippen LogP contribution in [-0.2, 0) is 6.54 Å². The van der Waals surface area contributed by atoms with Crippen LogP contribution in [0, 0.1) is 12.8 Å². The average molecular weight is 432 g/mol. The normalized spacial score (nSPS) is 11.1. The second kappa shape index (κ2) is 8.84. The van der Waals surface area contributed by atoms with Crippen LogP contribution in [0.5, 0.6) is 5.75 Å². The summed E-state index contributed by atoms with van der Waals surface area (Å²) >= 11 is 6.23. The first-order chi connectivity index (χ1) is 13.5. The quantitative estimate of drug-likeness (QED) is 0.428. The number of hydrogen-bond donors (Lipinski definition) is 0. The average Bonchev–Trinajstić information content (AvgIpc) is 3.24. The van der Waals surface area contributed by atoms with Gasteiger partial charge in [-0.05, 0) is 43.2 Å². The van der Waals surface area contributed by atoms with E-state index in [1.54, 1.807) is 6.20 Å². The maximum atomic E-state index is 6.23. The molecule has 0 amide bonds. The third-order valence-corrected chi connectivity index (χ3v) is 4.63. The second-order valence-electron chi connectivity index (χ2n) is 7.24. The number of benzene rings is 1. The van der Waals surface area contributed by atoms with Crippen LogP contribution in [0.15, 0.2) is 48.9 Å². The van der Waals surface area contributed by atoms with E-state index in [0.717, 1.165) is 28.4 Å². The number of aromatic nitrogens is 5. The zero-order valence-electron chi connectivity index (χ0n) is 16.5. The highest BCUT2D eigenvalue weighted by Gasteiger charge is 2.13. The fraction of sp³-hybridized carbons (Fsp3) is 0.286. The van der Waals surface area contributed by atoms with Gasteiger partial charge in [-0.2, -0.15) is 5.10 Å². The number of halogens is 2. The van der Waals surface area contributed by atoms with Crippen LogP contribution in [0.1, 0.15) is 25.1 Å². The highest BCUT2D eigenvalue weighted by molar-refractivity contribution is 6.30. The van der Waals surface area contributed by atoms with Crippen molar-refractivity contribution in [3.05, 3.63) is 65.2 Å². The van der Waals surface area contributed by atoms with E-state index >= 15 is 0 Å². The van der Waals surface area contributed by atoms with Crippen molar-refractivity contribution in [2.75, 3.05) is 6.61 Å². The lowest BCUT2D eigenvalue weighted by Gasteiger charge is -2.14. The predicted octanol–water partition coefficient (Wildman–Crippen LogP) is 5.06. The minimum atomic E-state index is 0. The monoisotopic (exact) mass is 431 g/mol. The number of rotatable bonds is 6. The first-order valence-electron chi connectivity index (χ1n) is 9.25. The Labute approximate surface area is 180 Å². The Morgan fingerprint density at radius 3 is 2.76 bits per heavy atom. The van der Waals surface area contributed by atoms with Crippen LogP contribution in [-0.4, -0.2) is 30.8 Å². The molecule has 0 bridgehead atoms. The summed E-state index contributed by atoms with van der Waals surface area (Å²) in [6, 6.07) is 9.62. The van der Waals surface area contributed by atoms with Crippen molar-refractivity contribution in [1.29, 1.82) is 0 Å². The molecule has 0 saturated heterocycles. The first-order valence-corrected chi connectivity index (χ1v) is 9.63. The minimum Gasteiger partial charge on any atom is -0.493 e.